The molecule has 0 saturated carbocycles. The molecule has 1 N–H and O–H groups in total. The lowest BCUT2D eigenvalue weighted by Gasteiger charge is -2.15. The second-order valence-electron chi connectivity index (χ2n) is 3.05. The van der Waals surface area contributed by atoms with Gasteiger partial charge in [-0.3, -0.25) is 9.78 Å². The highest BCUT2D eigenvalue weighted by Gasteiger charge is 2.26. The Labute approximate surface area is 100 Å². The van der Waals surface area contributed by atoms with Gasteiger partial charge in [-0.2, -0.15) is 0 Å². The van der Waals surface area contributed by atoms with Gasteiger partial charge in [0, 0.05) is 13.2 Å². The molecule has 0 fully saturated rings. The molecular formula is C11H14N2O2S. The molecule has 0 spiro atoms. The van der Waals surface area contributed by atoms with Crippen LogP contribution < -0.4 is 5.32 Å². The minimum Gasteiger partial charge on any atom is -0.465 e. The second-order valence-corrected chi connectivity index (χ2v) is 3.49. The summed E-state index contributed by atoms with van der Waals surface area (Å²) < 4.78 is 4.97. The number of carbonyl (C=O) groups excluding carboxylic acids is 1. The average molecular weight is 238 g/mol. The van der Waals surface area contributed by atoms with Crippen LogP contribution in [0.4, 0.5) is 0 Å². The van der Waals surface area contributed by atoms with Crippen LogP contribution in [0.2, 0.25) is 0 Å². The molecule has 0 amide bonds. The first kappa shape index (κ1) is 12.6. The average Bonchev–Trinajstić information content (AvgIpc) is 2.31. The summed E-state index contributed by atoms with van der Waals surface area (Å²) in [7, 11) is 1.68. The van der Waals surface area contributed by atoms with Gasteiger partial charge in [0.05, 0.1) is 17.3 Å². The number of aromatic nitrogens is 1. The Morgan fingerprint density at radius 2 is 2.38 bits per heavy atom. The molecule has 5 heteroatoms. The van der Waals surface area contributed by atoms with Crippen molar-refractivity contribution in [2.75, 3.05) is 13.7 Å². The molecule has 0 bridgehead atoms. The van der Waals surface area contributed by atoms with Gasteiger partial charge in [-0.1, -0.05) is 18.3 Å². The first-order valence-electron chi connectivity index (χ1n) is 4.99. The Hall–Kier alpha value is -1.49. The molecule has 1 rings (SSSR count). The van der Waals surface area contributed by atoms with Crippen LogP contribution in [0.15, 0.2) is 24.4 Å². The van der Waals surface area contributed by atoms with E-state index in [9.17, 15) is 4.79 Å². The summed E-state index contributed by atoms with van der Waals surface area (Å²) in [6.45, 7) is 2.09. The van der Waals surface area contributed by atoms with Crippen LogP contribution in [0.3, 0.4) is 0 Å². The van der Waals surface area contributed by atoms with Crippen LogP contribution >= 0.6 is 12.2 Å². The summed E-state index contributed by atoms with van der Waals surface area (Å²) in [5.74, 6) is -0.998. The predicted octanol–water partition coefficient (Wildman–Crippen LogP) is 1.28. The van der Waals surface area contributed by atoms with Crippen molar-refractivity contribution >= 4 is 23.2 Å². The van der Waals surface area contributed by atoms with E-state index in [0.29, 0.717) is 17.3 Å². The zero-order chi connectivity index (χ0) is 12.0. The van der Waals surface area contributed by atoms with Crippen LogP contribution in [-0.2, 0) is 9.53 Å². The van der Waals surface area contributed by atoms with Crippen LogP contribution in [0.25, 0.3) is 0 Å². The van der Waals surface area contributed by atoms with Gasteiger partial charge in [0.15, 0.2) is 0 Å². The van der Waals surface area contributed by atoms with Crippen LogP contribution in [0.5, 0.6) is 0 Å². The van der Waals surface area contributed by atoms with Crippen molar-refractivity contribution < 1.29 is 9.53 Å². The fourth-order valence-corrected chi connectivity index (χ4v) is 1.50. The van der Waals surface area contributed by atoms with E-state index in [4.69, 9.17) is 17.0 Å². The molecule has 0 aromatic carbocycles. The molecule has 0 saturated heterocycles. The summed E-state index contributed by atoms with van der Waals surface area (Å²) in [6, 6.07) is 5.35. The highest BCUT2D eigenvalue weighted by atomic mass is 32.1. The molecular weight excluding hydrogens is 224 g/mol. The Balaban J connectivity index is 2.97. The summed E-state index contributed by atoms with van der Waals surface area (Å²) in [5.41, 5.74) is 0.598. The molecule has 0 aliphatic rings. The van der Waals surface area contributed by atoms with E-state index in [2.05, 4.69) is 10.3 Å². The number of pyridine rings is 1. The molecule has 1 unspecified atom stereocenters. The van der Waals surface area contributed by atoms with Crippen molar-refractivity contribution in [2.24, 2.45) is 0 Å². The molecule has 86 valence electrons. The lowest BCUT2D eigenvalue weighted by molar-refractivity contribution is -0.143. The number of thiocarbonyl (C=S) groups is 1. The molecule has 0 aliphatic carbocycles. The van der Waals surface area contributed by atoms with Crippen molar-refractivity contribution in [2.45, 2.75) is 12.8 Å². The first-order chi connectivity index (χ1) is 7.70. The maximum atomic E-state index is 11.8. The quantitative estimate of drug-likeness (QED) is 0.632. The monoisotopic (exact) mass is 238 g/mol. The van der Waals surface area contributed by atoms with E-state index in [1.165, 1.54) is 0 Å². The van der Waals surface area contributed by atoms with Crippen molar-refractivity contribution in [3.8, 4) is 0 Å². The number of likely N-dealkylation sites (N-methyl/N-ethyl adjacent to an activating group) is 1. The topological polar surface area (TPSA) is 51.2 Å². The van der Waals surface area contributed by atoms with Gasteiger partial charge < -0.3 is 10.1 Å². The number of hydrogen-bond donors (Lipinski definition) is 1. The number of carbonyl (C=O) groups is 1. The van der Waals surface area contributed by atoms with Crippen LogP contribution in [0, 0.1) is 0 Å². The van der Waals surface area contributed by atoms with Crippen molar-refractivity contribution in [1.29, 1.82) is 0 Å². The minimum absolute atomic E-state index is 0.328. The number of nitrogens with one attached hydrogen (secondary N) is 1. The molecule has 1 atom stereocenters. The maximum absolute atomic E-state index is 11.8. The van der Waals surface area contributed by atoms with Gasteiger partial charge in [-0.25, -0.2) is 0 Å². The third-order valence-electron chi connectivity index (χ3n) is 2.01. The molecule has 1 heterocycles. The summed E-state index contributed by atoms with van der Waals surface area (Å²) >= 11 is 5.10. The number of rotatable bonds is 4. The van der Waals surface area contributed by atoms with Gasteiger partial charge in [-0.05, 0) is 19.1 Å². The first-order valence-corrected chi connectivity index (χ1v) is 5.40. The largest absolute Gasteiger partial charge is 0.465 e. The molecule has 16 heavy (non-hydrogen) atoms. The van der Waals surface area contributed by atoms with E-state index in [1.54, 1.807) is 32.3 Å². The number of ether oxygens (including phenoxy) is 1. The van der Waals surface area contributed by atoms with Crippen molar-refractivity contribution in [1.82, 2.24) is 10.3 Å². The number of esters is 1. The van der Waals surface area contributed by atoms with Crippen molar-refractivity contribution in [3.05, 3.63) is 30.1 Å². The SMILES string of the molecule is CCOC(=O)C(C(=S)NC)c1ccccn1. The third kappa shape index (κ3) is 3.00. The van der Waals surface area contributed by atoms with Crippen LogP contribution in [-0.4, -0.2) is 29.6 Å². The Bertz CT molecular complexity index is 368. The molecule has 0 aliphatic heterocycles. The van der Waals surface area contributed by atoms with Gasteiger partial charge in [0.25, 0.3) is 0 Å². The zero-order valence-electron chi connectivity index (χ0n) is 9.27. The zero-order valence-corrected chi connectivity index (χ0v) is 10.1. The normalized spacial score (nSPS) is 11.6. The third-order valence-corrected chi connectivity index (χ3v) is 2.45. The van der Waals surface area contributed by atoms with Gasteiger partial charge in [0.1, 0.15) is 5.92 Å². The van der Waals surface area contributed by atoms with Crippen LogP contribution in [0.1, 0.15) is 18.5 Å². The lowest BCUT2D eigenvalue weighted by Crippen LogP contribution is -2.31. The highest BCUT2D eigenvalue weighted by molar-refractivity contribution is 7.80. The highest BCUT2D eigenvalue weighted by Crippen LogP contribution is 2.16. The fraction of sp³-hybridized carbons (Fsp3) is 0.364. The summed E-state index contributed by atoms with van der Waals surface area (Å²) in [5, 5.41) is 2.79. The smallest absolute Gasteiger partial charge is 0.321 e. The van der Waals surface area contributed by atoms with Gasteiger partial charge in [0.2, 0.25) is 0 Å². The van der Waals surface area contributed by atoms with Crippen molar-refractivity contribution in [3.63, 3.8) is 0 Å². The van der Waals surface area contributed by atoms with Gasteiger partial charge in [-0.15, -0.1) is 0 Å². The molecule has 0 radical (unpaired) electrons. The van der Waals surface area contributed by atoms with E-state index < -0.39 is 5.92 Å². The Kier molecular flexibility index (Phi) is 4.85. The lowest BCUT2D eigenvalue weighted by atomic mass is 10.1. The molecule has 1 aromatic heterocycles. The van der Waals surface area contributed by atoms with E-state index in [1.807, 2.05) is 6.07 Å². The number of hydrogen-bond acceptors (Lipinski definition) is 4. The van der Waals surface area contributed by atoms with E-state index in [-0.39, 0.29) is 5.97 Å². The fourth-order valence-electron chi connectivity index (χ4n) is 1.28. The Morgan fingerprint density at radius 3 is 2.88 bits per heavy atom. The van der Waals surface area contributed by atoms with E-state index in [0.717, 1.165) is 0 Å². The molecule has 1 aromatic rings. The summed E-state index contributed by atoms with van der Waals surface area (Å²) in [4.78, 5) is 16.3. The Morgan fingerprint density at radius 1 is 1.62 bits per heavy atom. The predicted molar refractivity (Wildman–Crippen MR) is 65.3 cm³/mol. The minimum atomic E-state index is -0.624. The van der Waals surface area contributed by atoms with Gasteiger partial charge >= 0.3 is 5.97 Å². The summed E-state index contributed by atoms with van der Waals surface area (Å²) in [6.07, 6.45) is 1.62. The number of nitrogens with zero attached hydrogens (tertiary/aromatic N) is 1. The maximum Gasteiger partial charge on any atom is 0.321 e. The second kappa shape index (κ2) is 6.17. The van der Waals surface area contributed by atoms with E-state index >= 15 is 0 Å². The molecule has 4 nitrogen and oxygen atoms in total. The standard InChI is InChI=1S/C11H14N2O2S/c1-3-15-11(14)9(10(16)12-2)8-6-4-5-7-13-8/h4-7,9H,3H2,1-2H3,(H,12,16).